The van der Waals surface area contributed by atoms with Gasteiger partial charge >= 0.3 is 0 Å². The Morgan fingerprint density at radius 2 is 2.06 bits per heavy atom. The van der Waals surface area contributed by atoms with Crippen molar-refractivity contribution in [3.63, 3.8) is 0 Å². The fraction of sp³-hybridized carbons (Fsp3) is 0.923. The van der Waals surface area contributed by atoms with Gasteiger partial charge in [-0.15, -0.1) is 12.4 Å². The first-order valence-electron chi connectivity index (χ1n) is 6.71. The number of hydrogen-bond donors (Lipinski definition) is 2. The molecule has 1 unspecified atom stereocenters. The summed E-state index contributed by atoms with van der Waals surface area (Å²) in [5.74, 6) is 0.672. The summed E-state index contributed by atoms with van der Waals surface area (Å²) in [5.41, 5.74) is 5.24. The first kappa shape index (κ1) is 17.7. The Morgan fingerprint density at radius 3 is 2.61 bits per heavy atom. The minimum absolute atomic E-state index is 0. The molecule has 1 heterocycles. The van der Waals surface area contributed by atoms with Crippen LogP contribution in [0.15, 0.2) is 0 Å². The molecule has 18 heavy (non-hydrogen) atoms. The van der Waals surface area contributed by atoms with Crippen molar-refractivity contribution >= 4 is 18.3 Å². The van der Waals surface area contributed by atoms with Crippen LogP contribution in [0.25, 0.3) is 0 Å². The molecule has 0 aromatic carbocycles. The van der Waals surface area contributed by atoms with Crippen molar-refractivity contribution in [1.29, 1.82) is 0 Å². The Bertz CT molecular complexity index is 241. The SMILES string of the molecule is CCCC(C)(N)C(=O)NCCC1CCOCC1.Cl. The van der Waals surface area contributed by atoms with Crippen molar-refractivity contribution in [2.75, 3.05) is 19.8 Å². The van der Waals surface area contributed by atoms with Crippen LogP contribution in [0.2, 0.25) is 0 Å². The van der Waals surface area contributed by atoms with Gasteiger partial charge in [0.15, 0.2) is 0 Å². The molecule has 1 saturated heterocycles. The molecule has 1 amide bonds. The second-order valence-electron chi connectivity index (χ2n) is 5.27. The van der Waals surface area contributed by atoms with E-state index < -0.39 is 5.54 Å². The zero-order valence-electron chi connectivity index (χ0n) is 11.5. The fourth-order valence-corrected chi connectivity index (χ4v) is 2.26. The third-order valence-corrected chi connectivity index (χ3v) is 3.47. The third kappa shape index (κ3) is 6.03. The normalized spacial score (nSPS) is 19.7. The highest BCUT2D eigenvalue weighted by atomic mass is 35.5. The van der Waals surface area contributed by atoms with E-state index in [0.717, 1.165) is 51.9 Å². The summed E-state index contributed by atoms with van der Waals surface area (Å²) in [6.07, 6.45) is 4.93. The van der Waals surface area contributed by atoms with Gasteiger partial charge in [-0.25, -0.2) is 0 Å². The summed E-state index contributed by atoms with van der Waals surface area (Å²) in [5, 5.41) is 2.95. The Kier molecular flexibility index (Phi) is 8.57. The average molecular weight is 279 g/mol. The Morgan fingerprint density at radius 1 is 1.44 bits per heavy atom. The molecule has 0 aliphatic carbocycles. The van der Waals surface area contributed by atoms with Crippen LogP contribution >= 0.6 is 12.4 Å². The minimum atomic E-state index is -0.718. The van der Waals surface area contributed by atoms with Gasteiger partial charge in [0.1, 0.15) is 0 Å². The standard InChI is InChI=1S/C13H26N2O2.ClH/c1-3-7-13(2,14)12(16)15-8-4-11-5-9-17-10-6-11;/h11H,3-10,14H2,1-2H3,(H,15,16);1H. The van der Waals surface area contributed by atoms with Crippen molar-refractivity contribution in [2.24, 2.45) is 11.7 Å². The minimum Gasteiger partial charge on any atom is -0.381 e. The number of halogens is 1. The van der Waals surface area contributed by atoms with E-state index in [-0.39, 0.29) is 18.3 Å². The molecular weight excluding hydrogens is 252 g/mol. The van der Waals surface area contributed by atoms with Crippen LogP contribution in [0.1, 0.15) is 46.0 Å². The Labute approximate surface area is 116 Å². The summed E-state index contributed by atoms with van der Waals surface area (Å²) in [7, 11) is 0. The van der Waals surface area contributed by atoms with Gasteiger partial charge in [0, 0.05) is 19.8 Å². The maximum Gasteiger partial charge on any atom is 0.239 e. The van der Waals surface area contributed by atoms with E-state index >= 15 is 0 Å². The van der Waals surface area contributed by atoms with Crippen molar-refractivity contribution in [2.45, 2.75) is 51.5 Å². The summed E-state index contributed by atoms with van der Waals surface area (Å²) in [6, 6.07) is 0. The smallest absolute Gasteiger partial charge is 0.239 e. The number of ether oxygens (including phenoxy) is 1. The van der Waals surface area contributed by atoms with Gasteiger partial charge in [0.05, 0.1) is 5.54 Å². The number of carbonyl (C=O) groups excluding carboxylic acids is 1. The van der Waals surface area contributed by atoms with E-state index in [1.165, 1.54) is 0 Å². The summed E-state index contributed by atoms with van der Waals surface area (Å²) < 4.78 is 5.31. The summed E-state index contributed by atoms with van der Waals surface area (Å²) in [6.45, 7) is 6.31. The van der Waals surface area contributed by atoms with Gasteiger partial charge in [-0.05, 0) is 38.5 Å². The molecule has 5 heteroatoms. The lowest BCUT2D eigenvalue weighted by Gasteiger charge is -2.25. The van der Waals surface area contributed by atoms with Gasteiger partial charge in [-0.1, -0.05) is 13.3 Å². The molecule has 0 aromatic heterocycles. The maximum absolute atomic E-state index is 11.8. The van der Waals surface area contributed by atoms with Crippen LogP contribution in [0.3, 0.4) is 0 Å². The Balaban J connectivity index is 0.00000289. The zero-order valence-corrected chi connectivity index (χ0v) is 12.4. The van der Waals surface area contributed by atoms with Gasteiger partial charge in [-0.3, -0.25) is 4.79 Å². The van der Waals surface area contributed by atoms with E-state index in [9.17, 15) is 4.79 Å². The monoisotopic (exact) mass is 278 g/mol. The molecule has 1 rings (SSSR count). The van der Waals surface area contributed by atoms with Crippen molar-refractivity contribution in [3.05, 3.63) is 0 Å². The van der Waals surface area contributed by atoms with Crippen LogP contribution in [0, 0.1) is 5.92 Å². The first-order valence-corrected chi connectivity index (χ1v) is 6.71. The van der Waals surface area contributed by atoms with Crippen LogP contribution < -0.4 is 11.1 Å². The van der Waals surface area contributed by atoms with Gasteiger partial charge in [-0.2, -0.15) is 0 Å². The van der Waals surface area contributed by atoms with E-state index in [4.69, 9.17) is 10.5 Å². The van der Waals surface area contributed by atoms with Crippen LogP contribution in [-0.4, -0.2) is 31.2 Å². The van der Waals surface area contributed by atoms with Crippen molar-refractivity contribution in [1.82, 2.24) is 5.32 Å². The fourth-order valence-electron chi connectivity index (χ4n) is 2.26. The lowest BCUT2D eigenvalue weighted by Crippen LogP contribution is -2.51. The second kappa shape index (κ2) is 8.73. The molecule has 4 nitrogen and oxygen atoms in total. The molecule has 0 spiro atoms. The lowest BCUT2D eigenvalue weighted by atomic mass is 9.95. The van der Waals surface area contributed by atoms with Crippen molar-refractivity contribution < 1.29 is 9.53 Å². The van der Waals surface area contributed by atoms with Crippen LogP contribution in [0.4, 0.5) is 0 Å². The highest BCUT2D eigenvalue weighted by Crippen LogP contribution is 2.17. The molecule has 108 valence electrons. The maximum atomic E-state index is 11.8. The average Bonchev–Trinajstić information content (AvgIpc) is 2.30. The molecule has 1 fully saturated rings. The largest absolute Gasteiger partial charge is 0.381 e. The number of rotatable bonds is 6. The number of amides is 1. The number of carbonyl (C=O) groups is 1. The molecule has 0 radical (unpaired) electrons. The highest BCUT2D eigenvalue weighted by molar-refractivity contribution is 5.85. The molecule has 0 aromatic rings. The van der Waals surface area contributed by atoms with Crippen molar-refractivity contribution in [3.8, 4) is 0 Å². The first-order chi connectivity index (χ1) is 8.06. The number of nitrogens with one attached hydrogen (secondary N) is 1. The third-order valence-electron chi connectivity index (χ3n) is 3.47. The Hall–Kier alpha value is -0.320. The summed E-state index contributed by atoms with van der Waals surface area (Å²) >= 11 is 0. The molecule has 0 saturated carbocycles. The summed E-state index contributed by atoms with van der Waals surface area (Å²) in [4.78, 5) is 11.8. The quantitative estimate of drug-likeness (QED) is 0.779. The van der Waals surface area contributed by atoms with E-state index in [0.29, 0.717) is 5.92 Å². The van der Waals surface area contributed by atoms with E-state index in [2.05, 4.69) is 5.32 Å². The number of hydrogen-bond acceptors (Lipinski definition) is 3. The topological polar surface area (TPSA) is 64.4 Å². The van der Waals surface area contributed by atoms with Crippen LogP contribution in [0.5, 0.6) is 0 Å². The number of nitrogens with two attached hydrogens (primary N) is 1. The molecular formula is C13H27ClN2O2. The van der Waals surface area contributed by atoms with E-state index in [1.807, 2.05) is 6.92 Å². The zero-order chi connectivity index (χ0) is 12.7. The molecule has 1 aliphatic heterocycles. The molecule has 1 atom stereocenters. The molecule has 0 bridgehead atoms. The van der Waals surface area contributed by atoms with Crippen LogP contribution in [-0.2, 0) is 9.53 Å². The van der Waals surface area contributed by atoms with E-state index in [1.54, 1.807) is 6.92 Å². The molecule has 1 aliphatic rings. The predicted molar refractivity (Wildman–Crippen MR) is 75.9 cm³/mol. The second-order valence-corrected chi connectivity index (χ2v) is 5.27. The predicted octanol–water partition coefficient (Wildman–Crippen LogP) is 1.86. The van der Waals surface area contributed by atoms with Gasteiger partial charge in [0.2, 0.25) is 5.91 Å². The molecule has 3 N–H and O–H groups in total. The van der Waals surface area contributed by atoms with Gasteiger partial charge < -0.3 is 15.8 Å². The van der Waals surface area contributed by atoms with Gasteiger partial charge in [0.25, 0.3) is 0 Å². The highest BCUT2D eigenvalue weighted by Gasteiger charge is 2.26. The lowest BCUT2D eigenvalue weighted by molar-refractivity contribution is -0.126.